The summed E-state index contributed by atoms with van der Waals surface area (Å²) in [4.78, 5) is 14.2. The average molecular weight is 239 g/mol. The minimum Gasteiger partial charge on any atom is -0.396 e. The van der Waals surface area contributed by atoms with Crippen LogP contribution in [0.15, 0.2) is 18.3 Å². The first-order chi connectivity index (χ1) is 8.25. The van der Waals surface area contributed by atoms with Gasteiger partial charge in [0.05, 0.1) is 4.92 Å². The van der Waals surface area contributed by atoms with E-state index in [1.807, 2.05) is 0 Å². The number of pyridine rings is 1. The van der Waals surface area contributed by atoms with Crippen molar-refractivity contribution in [3.8, 4) is 0 Å². The number of aliphatic hydroxyl groups is 1. The molecule has 1 rings (SSSR count). The zero-order valence-electron chi connectivity index (χ0n) is 9.63. The fourth-order valence-corrected chi connectivity index (χ4v) is 1.48. The monoisotopic (exact) mass is 239 g/mol. The van der Waals surface area contributed by atoms with E-state index in [1.54, 1.807) is 6.07 Å². The predicted molar refractivity (Wildman–Crippen MR) is 64.9 cm³/mol. The zero-order valence-corrected chi connectivity index (χ0v) is 9.63. The average Bonchev–Trinajstić information content (AvgIpc) is 2.34. The third-order valence-electron chi connectivity index (χ3n) is 2.36. The van der Waals surface area contributed by atoms with Crippen LogP contribution in [0.4, 0.5) is 11.5 Å². The van der Waals surface area contributed by atoms with Gasteiger partial charge in [0, 0.05) is 25.4 Å². The Morgan fingerprint density at radius 2 is 2.12 bits per heavy atom. The third-order valence-corrected chi connectivity index (χ3v) is 2.36. The number of rotatable bonds is 8. The molecule has 6 nitrogen and oxygen atoms in total. The molecule has 0 aliphatic carbocycles. The Hall–Kier alpha value is -1.69. The van der Waals surface area contributed by atoms with E-state index < -0.39 is 4.92 Å². The summed E-state index contributed by atoms with van der Waals surface area (Å²) in [7, 11) is 0. The van der Waals surface area contributed by atoms with Crippen molar-refractivity contribution in [1.29, 1.82) is 0 Å². The van der Waals surface area contributed by atoms with Gasteiger partial charge in [-0.1, -0.05) is 12.8 Å². The molecule has 0 spiro atoms. The Morgan fingerprint density at radius 1 is 1.35 bits per heavy atom. The van der Waals surface area contributed by atoms with E-state index in [-0.39, 0.29) is 12.3 Å². The number of unbranched alkanes of at least 4 members (excludes halogenated alkanes) is 3. The van der Waals surface area contributed by atoms with Gasteiger partial charge in [0.15, 0.2) is 0 Å². The number of nitrogens with one attached hydrogen (secondary N) is 1. The molecule has 0 aliphatic rings. The van der Waals surface area contributed by atoms with Gasteiger partial charge in [-0.05, 0) is 18.9 Å². The van der Waals surface area contributed by atoms with Gasteiger partial charge in [-0.3, -0.25) is 10.1 Å². The molecule has 0 saturated heterocycles. The van der Waals surface area contributed by atoms with Crippen LogP contribution in [0.1, 0.15) is 25.7 Å². The third kappa shape index (κ3) is 4.78. The molecule has 1 aromatic rings. The van der Waals surface area contributed by atoms with Crippen LogP contribution in [0, 0.1) is 10.1 Å². The van der Waals surface area contributed by atoms with E-state index in [4.69, 9.17) is 5.11 Å². The Morgan fingerprint density at radius 3 is 2.82 bits per heavy atom. The number of aliphatic hydroxyl groups excluding tert-OH is 1. The molecule has 6 heteroatoms. The first-order valence-corrected chi connectivity index (χ1v) is 5.70. The molecular formula is C11H17N3O3. The van der Waals surface area contributed by atoms with Crippen LogP contribution in [-0.4, -0.2) is 28.2 Å². The molecule has 0 bridgehead atoms. The van der Waals surface area contributed by atoms with Crippen LogP contribution in [0.5, 0.6) is 0 Å². The molecule has 2 N–H and O–H groups in total. The van der Waals surface area contributed by atoms with Gasteiger partial charge in [0.25, 0.3) is 0 Å². The van der Waals surface area contributed by atoms with Crippen LogP contribution < -0.4 is 5.32 Å². The normalized spacial score (nSPS) is 10.2. The maximum atomic E-state index is 10.7. The minimum atomic E-state index is -0.443. The molecule has 0 atom stereocenters. The van der Waals surface area contributed by atoms with E-state index in [0.717, 1.165) is 25.7 Å². The highest BCUT2D eigenvalue weighted by Gasteiger charge is 2.12. The van der Waals surface area contributed by atoms with Crippen molar-refractivity contribution in [2.24, 2.45) is 0 Å². The number of hydrogen-bond donors (Lipinski definition) is 2. The summed E-state index contributed by atoms with van der Waals surface area (Å²) in [6.07, 6.45) is 5.22. The lowest BCUT2D eigenvalue weighted by atomic mass is 10.2. The molecule has 1 heterocycles. The lowest BCUT2D eigenvalue weighted by molar-refractivity contribution is -0.384. The van der Waals surface area contributed by atoms with Crippen LogP contribution in [0.25, 0.3) is 0 Å². The Balaban J connectivity index is 2.34. The lowest BCUT2D eigenvalue weighted by Gasteiger charge is -2.05. The van der Waals surface area contributed by atoms with Crippen molar-refractivity contribution < 1.29 is 10.0 Å². The van der Waals surface area contributed by atoms with Crippen LogP contribution in [0.3, 0.4) is 0 Å². The Kier molecular flexibility index (Phi) is 5.95. The summed E-state index contributed by atoms with van der Waals surface area (Å²) >= 11 is 0. The van der Waals surface area contributed by atoms with E-state index in [9.17, 15) is 10.1 Å². The summed E-state index contributed by atoms with van der Waals surface area (Å²) in [5, 5.41) is 22.2. The SMILES string of the molecule is O=[N+]([O-])c1cccnc1NCCCCCCO. The molecule has 0 saturated carbocycles. The smallest absolute Gasteiger partial charge is 0.311 e. The second-order valence-corrected chi connectivity index (χ2v) is 3.69. The maximum Gasteiger partial charge on any atom is 0.311 e. The summed E-state index contributed by atoms with van der Waals surface area (Å²) in [5.41, 5.74) is 0.00265. The topological polar surface area (TPSA) is 88.3 Å². The van der Waals surface area contributed by atoms with Gasteiger partial charge in [0.2, 0.25) is 5.82 Å². The highest BCUT2D eigenvalue weighted by molar-refractivity contribution is 5.54. The first kappa shape index (κ1) is 13.4. The van der Waals surface area contributed by atoms with E-state index >= 15 is 0 Å². The van der Waals surface area contributed by atoms with Gasteiger partial charge in [-0.25, -0.2) is 4.98 Å². The van der Waals surface area contributed by atoms with Crippen LogP contribution in [-0.2, 0) is 0 Å². The second kappa shape index (κ2) is 7.56. The molecule has 0 amide bonds. The molecule has 0 fully saturated rings. The predicted octanol–water partition coefficient (Wildman–Crippen LogP) is 1.95. The molecule has 17 heavy (non-hydrogen) atoms. The number of hydrogen-bond acceptors (Lipinski definition) is 5. The van der Waals surface area contributed by atoms with E-state index in [1.165, 1.54) is 12.3 Å². The van der Waals surface area contributed by atoms with Crippen LogP contribution in [0.2, 0.25) is 0 Å². The number of nitro groups is 1. The van der Waals surface area contributed by atoms with Crippen molar-refractivity contribution in [2.45, 2.75) is 25.7 Å². The van der Waals surface area contributed by atoms with E-state index in [2.05, 4.69) is 10.3 Å². The van der Waals surface area contributed by atoms with Gasteiger partial charge in [-0.15, -0.1) is 0 Å². The molecule has 0 unspecified atom stereocenters. The number of aromatic nitrogens is 1. The highest BCUT2D eigenvalue weighted by atomic mass is 16.6. The summed E-state index contributed by atoms with van der Waals surface area (Å²) in [6.45, 7) is 0.877. The van der Waals surface area contributed by atoms with Gasteiger partial charge in [0.1, 0.15) is 0 Å². The zero-order chi connectivity index (χ0) is 12.5. The van der Waals surface area contributed by atoms with Crippen molar-refractivity contribution in [2.75, 3.05) is 18.5 Å². The minimum absolute atomic E-state index is 0.00265. The molecule has 0 radical (unpaired) electrons. The van der Waals surface area contributed by atoms with Crippen molar-refractivity contribution in [1.82, 2.24) is 4.98 Å². The summed E-state index contributed by atoms with van der Waals surface area (Å²) in [6, 6.07) is 2.98. The van der Waals surface area contributed by atoms with Crippen molar-refractivity contribution >= 4 is 11.5 Å². The summed E-state index contributed by atoms with van der Waals surface area (Å²) in [5.74, 6) is 0.319. The Bertz CT molecular complexity index is 358. The standard InChI is InChI=1S/C11H17N3O3/c15-9-4-2-1-3-7-12-11-10(14(16)17)6-5-8-13-11/h5-6,8,15H,1-4,7,9H2,(H,12,13). The van der Waals surface area contributed by atoms with Gasteiger partial charge >= 0.3 is 5.69 Å². The van der Waals surface area contributed by atoms with E-state index in [0.29, 0.717) is 12.4 Å². The quantitative estimate of drug-likeness (QED) is 0.411. The highest BCUT2D eigenvalue weighted by Crippen LogP contribution is 2.20. The van der Waals surface area contributed by atoms with Crippen LogP contribution >= 0.6 is 0 Å². The lowest BCUT2D eigenvalue weighted by Crippen LogP contribution is -2.06. The molecular weight excluding hydrogens is 222 g/mol. The molecule has 1 aromatic heterocycles. The number of nitrogens with zero attached hydrogens (tertiary/aromatic N) is 2. The molecule has 0 aliphatic heterocycles. The fraction of sp³-hybridized carbons (Fsp3) is 0.545. The van der Waals surface area contributed by atoms with Gasteiger partial charge < -0.3 is 10.4 Å². The second-order valence-electron chi connectivity index (χ2n) is 3.69. The summed E-state index contributed by atoms with van der Waals surface area (Å²) < 4.78 is 0. The van der Waals surface area contributed by atoms with Gasteiger partial charge in [-0.2, -0.15) is 0 Å². The number of anilines is 1. The Labute approximate surface area is 99.8 Å². The molecule has 0 aromatic carbocycles. The molecule has 94 valence electrons. The first-order valence-electron chi connectivity index (χ1n) is 5.70. The largest absolute Gasteiger partial charge is 0.396 e. The van der Waals surface area contributed by atoms with Crippen molar-refractivity contribution in [3.63, 3.8) is 0 Å². The fourth-order valence-electron chi connectivity index (χ4n) is 1.48. The maximum absolute atomic E-state index is 10.7. The van der Waals surface area contributed by atoms with Crippen molar-refractivity contribution in [3.05, 3.63) is 28.4 Å².